The van der Waals surface area contributed by atoms with Gasteiger partial charge in [-0.2, -0.15) is 0 Å². The van der Waals surface area contributed by atoms with Gasteiger partial charge in [0.1, 0.15) is 0 Å². The van der Waals surface area contributed by atoms with Gasteiger partial charge < -0.3 is 14.8 Å². The number of nitrogens with one attached hydrogen (secondary N) is 1. The van der Waals surface area contributed by atoms with Crippen LogP contribution in [0.3, 0.4) is 0 Å². The summed E-state index contributed by atoms with van der Waals surface area (Å²) in [6, 6.07) is 4.49. The molecule has 20 heavy (non-hydrogen) atoms. The number of nitro benzene ring substituents is 1. The molecule has 0 aliphatic carbocycles. The van der Waals surface area contributed by atoms with Crippen LogP contribution in [0, 0.1) is 10.1 Å². The topological polar surface area (TPSA) is 108 Å². The second-order valence-corrected chi connectivity index (χ2v) is 4.05. The van der Waals surface area contributed by atoms with Crippen molar-refractivity contribution in [2.75, 3.05) is 6.61 Å². The minimum absolute atomic E-state index is 0.0845. The van der Waals surface area contributed by atoms with E-state index in [-0.39, 0.29) is 12.3 Å². The van der Waals surface area contributed by atoms with E-state index < -0.39 is 29.1 Å². The van der Waals surface area contributed by atoms with Crippen molar-refractivity contribution in [1.29, 1.82) is 0 Å². The molecule has 1 saturated heterocycles. The number of nitro groups is 1. The molecule has 1 fully saturated rings. The average Bonchev–Trinajstić information content (AvgIpc) is 2.81. The summed E-state index contributed by atoms with van der Waals surface area (Å²) in [5.41, 5.74) is 0.394. The molecule has 2 rings (SSSR count). The third-order valence-corrected chi connectivity index (χ3v) is 2.78. The zero-order chi connectivity index (χ0) is 14.7. The zero-order valence-corrected chi connectivity index (χ0v) is 10.6. The molecule has 8 nitrogen and oxygen atoms in total. The maximum Gasteiger partial charge on any atom is 0.408 e. The summed E-state index contributed by atoms with van der Waals surface area (Å²) in [5.74, 6) is -0.610. The number of benzene rings is 1. The SMILES string of the molecule is CCOC(=O)C1NC(=O)OC1c1ccc([N+](=O)[O-])cc1. The maximum atomic E-state index is 11.7. The van der Waals surface area contributed by atoms with Crippen molar-refractivity contribution >= 4 is 17.7 Å². The van der Waals surface area contributed by atoms with Crippen molar-refractivity contribution in [3.8, 4) is 0 Å². The predicted molar refractivity (Wildman–Crippen MR) is 65.9 cm³/mol. The molecular weight excluding hydrogens is 268 g/mol. The molecular formula is C12H12N2O6. The Morgan fingerprint density at radius 3 is 2.65 bits per heavy atom. The van der Waals surface area contributed by atoms with Crippen LogP contribution in [0.1, 0.15) is 18.6 Å². The number of cyclic esters (lactones) is 1. The summed E-state index contributed by atoms with van der Waals surface area (Å²) in [7, 11) is 0. The highest BCUT2D eigenvalue weighted by Crippen LogP contribution is 2.28. The Labute approximate surface area is 113 Å². The molecule has 1 heterocycles. The van der Waals surface area contributed by atoms with Gasteiger partial charge in [0.25, 0.3) is 5.69 Å². The largest absolute Gasteiger partial charge is 0.464 e. The van der Waals surface area contributed by atoms with Crippen LogP contribution in [0.4, 0.5) is 10.5 Å². The van der Waals surface area contributed by atoms with Gasteiger partial charge >= 0.3 is 12.1 Å². The van der Waals surface area contributed by atoms with E-state index in [1.165, 1.54) is 24.3 Å². The van der Waals surface area contributed by atoms with E-state index >= 15 is 0 Å². The second kappa shape index (κ2) is 5.55. The standard InChI is InChI=1S/C12H12N2O6/c1-2-19-11(15)9-10(20-12(16)13-9)7-3-5-8(6-4-7)14(17)18/h3-6,9-10H,2H2,1H3,(H,13,16). The van der Waals surface area contributed by atoms with Crippen LogP contribution in [-0.4, -0.2) is 29.6 Å². The molecule has 1 aromatic carbocycles. The van der Waals surface area contributed by atoms with Gasteiger partial charge in [-0.25, -0.2) is 9.59 Å². The molecule has 2 unspecified atom stereocenters. The number of hydrogen-bond acceptors (Lipinski definition) is 6. The lowest BCUT2D eigenvalue weighted by molar-refractivity contribution is -0.384. The number of carbonyl (C=O) groups is 2. The van der Waals surface area contributed by atoms with Gasteiger partial charge in [-0.3, -0.25) is 10.1 Å². The molecule has 106 valence electrons. The summed E-state index contributed by atoms with van der Waals surface area (Å²) < 4.78 is 9.85. The van der Waals surface area contributed by atoms with E-state index in [2.05, 4.69) is 5.32 Å². The summed E-state index contributed by atoms with van der Waals surface area (Å²) >= 11 is 0. The first-order valence-corrected chi connectivity index (χ1v) is 5.91. The van der Waals surface area contributed by atoms with Crippen molar-refractivity contribution in [2.45, 2.75) is 19.1 Å². The third kappa shape index (κ3) is 2.68. The third-order valence-electron chi connectivity index (χ3n) is 2.78. The molecule has 1 N–H and O–H groups in total. The molecule has 0 aromatic heterocycles. The molecule has 1 amide bonds. The van der Waals surface area contributed by atoms with Gasteiger partial charge in [0.05, 0.1) is 11.5 Å². The molecule has 8 heteroatoms. The van der Waals surface area contributed by atoms with Crippen molar-refractivity contribution < 1.29 is 24.0 Å². The first-order chi connectivity index (χ1) is 9.52. The van der Waals surface area contributed by atoms with Crippen LogP contribution < -0.4 is 5.32 Å². The lowest BCUT2D eigenvalue weighted by atomic mass is 10.0. The van der Waals surface area contributed by atoms with E-state index in [0.717, 1.165) is 0 Å². The lowest BCUT2D eigenvalue weighted by Crippen LogP contribution is -2.37. The number of nitrogens with zero attached hydrogens (tertiary/aromatic N) is 1. The van der Waals surface area contributed by atoms with E-state index in [4.69, 9.17) is 9.47 Å². The van der Waals surface area contributed by atoms with E-state index in [9.17, 15) is 19.7 Å². The molecule has 0 radical (unpaired) electrons. The highest BCUT2D eigenvalue weighted by Gasteiger charge is 2.41. The Morgan fingerprint density at radius 2 is 2.10 bits per heavy atom. The van der Waals surface area contributed by atoms with Crippen molar-refractivity contribution in [3.63, 3.8) is 0 Å². The quantitative estimate of drug-likeness (QED) is 0.506. The van der Waals surface area contributed by atoms with Gasteiger partial charge in [-0.15, -0.1) is 0 Å². The summed E-state index contributed by atoms with van der Waals surface area (Å²) in [6.07, 6.45) is -1.59. The monoisotopic (exact) mass is 280 g/mol. The number of hydrogen-bond donors (Lipinski definition) is 1. The van der Waals surface area contributed by atoms with Gasteiger partial charge in [0.15, 0.2) is 12.1 Å². The van der Waals surface area contributed by atoms with Crippen LogP contribution in [0.2, 0.25) is 0 Å². The van der Waals surface area contributed by atoms with Gasteiger partial charge in [-0.1, -0.05) is 0 Å². The first kappa shape index (κ1) is 13.8. The number of carbonyl (C=O) groups excluding carboxylic acids is 2. The lowest BCUT2D eigenvalue weighted by Gasteiger charge is -2.15. The fraction of sp³-hybridized carbons (Fsp3) is 0.333. The summed E-state index contributed by atoms with van der Waals surface area (Å²) in [6.45, 7) is 1.83. The van der Waals surface area contributed by atoms with Crippen molar-refractivity contribution in [2.24, 2.45) is 0 Å². The second-order valence-electron chi connectivity index (χ2n) is 4.05. The van der Waals surface area contributed by atoms with E-state index in [0.29, 0.717) is 5.56 Å². The Kier molecular flexibility index (Phi) is 3.83. The Morgan fingerprint density at radius 1 is 1.45 bits per heavy atom. The van der Waals surface area contributed by atoms with E-state index in [1.54, 1.807) is 6.92 Å². The van der Waals surface area contributed by atoms with Crippen LogP contribution in [0.25, 0.3) is 0 Å². The van der Waals surface area contributed by atoms with E-state index in [1.807, 2.05) is 0 Å². The average molecular weight is 280 g/mol. The van der Waals surface area contributed by atoms with Crippen LogP contribution in [0.15, 0.2) is 24.3 Å². The summed E-state index contributed by atoms with van der Waals surface area (Å²) in [4.78, 5) is 33.0. The Bertz CT molecular complexity index is 541. The number of alkyl carbamates (subject to hydrolysis) is 1. The molecule has 1 aromatic rings. The number of amides is 1. The Balaban J connectivity index is 2.22. The fourth-order valence-corrected chi connectivity index (χ4v) is 1.88. The molecule has 0 spiro atoms. The number of esters is 1. The molecule has 0 bridgehead atoms. The van der Waals surface area contributed by atoms with Gasteiger partial charge in [0, 0.05) is 12.1 Å². The highest BCUT2D eigenvalue weighted by molar-refractivity contribution is 5.85. The molecule has 1 aliphatic rings. The van der Waals surface area contributed by atoms with Crippen molar-refractivity contribution in [3.05, 3.63) is 39.9 Å². The number of non-ortho nitro benzene ring substituents is 1. The van der Waals surface area contributed by atoms with Crippen LogP contribution in [0.5, 0.6) is 0 Å². The minimum Gasteiger partial charge on any atom is -0.464 e. The number of rotatable bonds is 4. The van der Waals surface area contributed by atoms with Gasteiger partial charge in [0.2, 0.25) is 0 Å². The number of ether oxygens (including phenoxy) is 2. The molecule has 1 aliphatic heterocycles. The Hall–Kier alpha value is -2.64. The minimum atomic E-state index is -0.955. The summed E-state index contributed by atoms with van der Waals surface area (Å²) in [5, 5.41) is 12.9. The van der Waals surface area contributed by atoms with Gasteiger partial charge in [-0.05, 0) is 24.6 Å². The fourth-order valence-electron chi connectivity index (χ4n) is 1.88. The predicted octanol–water partition coefficient (Wildman–Crippen LogP) is 1.31. The molecule has 2 atom stereocenters. The zero-order valence-electron chi connectivity index (χ0n) is 10.6. The maximum absolute atomic E-state index is 11.7. The van der Waals surface area contributed by atoms with Crippen molar-refractivity contribution in [1.82, 2.24) is 5.32 Å². The molecule has 0 saturated carbocycles. The first-order valence-electron chi connectivity index (χ1n) is 5.91. The van der Waals surface area contributed by atoms with Crippen LogP contribution >= 0.6 is 0 Å². The van der Waals surface area contributed by atoms with Crippen LogP contribution in [-0.2, 0) is 14.3 Å². The normalized spacial score (nSPS) is 20.9. The highest BCUT2D eigenvalue weighted by atomic mass is 16.6. The smallest absolute Gasteiger partial charge is 0.408 e.